The zero-order chi connectivity index (χ0) is 42.7. The molecular formula is C45H51N9O6. The minimum absolute atomic E-state index is 0.114. The molecule has 15 heteroatoms. The molecule has 5 aromatic rings. The van der Waals surface area contributed by atoms with E-state index in [-0.39, 0.29) is 42.2 Å². The lowest BCUT2D eigenvalue weighted by Gasteiger charge is -2.30. The number of methoxy groups -OCH3 is 2. The smallest absolute Gasteiger partial charge is 0.407 e. The van der Waals surface area contributed by atoms with Crippen molar-refractivity contribution in [2.75, 3.05) is 27.3 Å². The molecule has 1 unspecified atom stereocenters. The van der Waals surface area contributed by atoms with Gasteiger partial charge in [0.2, 0.25) is 11.8 Å². The first-order valence-electron chi connectivity index (χ1n) is 20.3. The number of fused-ring (bicyclic) bond motifs is 1. The van der Waals surface area contributed by atoms with Gasteiger partial charge in [0.25, 0.3) is 0 Å². The summed E-state index contributed by atoms with van der Waals surface area (Å²) in [5.41, 5.74) is 5.64. The number of aromatic nitrogens is 4. The Morgan fingerprint density at radius 2 is 1.22 bits per heavy atom. The molecule has 2 aliphatic rings. The Labute approximate surface area is 348 Å². The zero-order valence-corrected chi connectivity index (χ0v) is 34.7. The van der Waals surface area contributed by atoms with Crippen LogP contribution in [0, 0.1) is 29.1 Å². The highest BCUT2D eigenvalue weighted by Crippen LogP contribution is 2.37. The molecule has 2 aromatic heterocycles. The van der Waals surface area contributed by atoms with Crippen LogP contribution in [-0.2, 0) is 19.1 Å². The van der Waals surface area contributed by atoms with Crippen molar-refractivity contribution in [3.63, 3.8) is 0 Å². The van der Waals surface area contributed by atoms with E-state index in [0.29, 0.717) is 18.8 Å². The number of carbonyl (C=O) groups is 4. The third-order valence-electron chi connectivity index (χ3n) is 11.6. The van der Waals surface area contributed by atoms with E-state index in [1.165, 1.54) is 14.2 Å². The maximum absolute atomic E-state index is 13.7. The van der Waals surface area contributed by atoms with Crippen LogP contribution in [0.3, 0.4) is 0 Å². The van der Waals surface area contributed by atoms with E-state index in [1.54, 1.807) is 16.0 Å². The molecule has 2 aliphatic heterocycles. The number of imidazole rings is 2. The van der Waals surface area contributed by atoms with Crippen LogP contribution in [0.1, 0.15) is 70.7 Å². The van der Waals surface area contributed by atoms with Gasteiger partial charge in [-0.3, -0.25) is 9.59 Å². The van der Waals surface area contributed by atoms with E-state index < -0.39 is 30.3 Å². The van der Waals surface area contributed by atoms with Crippen molar-refractivity contribution in [2.24, 2.45) is 17.8 Å². The van der Waals surface area contributed by atoms with Gasteiger partial charge in [0.05, 0.1) is 62.1 Å². The number of carbonyl (C=O) groups excluding carboxylic acids is 4. The Bertz CT molecular complexity index is 2410. The number of alkyl carbamates (subject to hydrolysis) is 2. The third-order valence-corrected chi connectivity index (χ3v) is 11.6. The Balaban J connectivity index is 1.04. The van der Waals surface area contributed by atoms with Gasteiger partial charge in [-0.1, -0.05) is 76.2 Å². The number of nitriles is 1. The normalized spacial score (nSPS) is 18.7. The van der Waals surface area contributed by atoms with Gasteiger partial charge in [-0.15, -0.1) is 0 Å². The SMILES string of the molecule is COC(=O)N[C@H](C(=O)N1CCCC1c1ncc(-c2ccc3cc(-c4ccc(-c5cnc([C@@H]6C[C@@H](C#N)CN6C(=O)[C@@H](NC(=O)OC)C(C)C)[nH]5)cc4)ccc3c2)[nH]1)C(C)C. The molecule has 0 saturated carbocycles. The number of nitrogens with zero attached hydrogens (tertiary/aromatic N) is 5. The van der Waals surface area contributed by atoms with Crippen LogP contribution in [0.4, 0.5) is 9.59 Å². The summed E-state index contributed by atoms with van der Waals surface area (Å²) in [6, 6.07) is 20.9. The summed E-state index contributed by atoms with van der Waals surface area (Å²) in [4.78, 5) is 71.0. The molecule has 312 valence electrons. The standard InChI is InChI=1S/C45H51N9O6/c1-25(2)38(51-44(57)59-5)42(55)53-17-7-8-36(53)40-47-23-35(50-40)33-16-15-31-19-30(13-14-32(31)20-33)28-9-11-29(12-10-28)34-22-48-41(49-34)37-18-27(21-46)24-54(37)43(56)39(26(3)4)52-45(58)60-6/h9-16,19-20,22-23,25-27,36-39H,7-8,17-18,24H2,1-6H3,(H,47,50)(H,48,49)(H,51,57)(H,52,58)/t27-,36?,37-,38-,39-/m0/s1. The average molecular weight is 814 g/mol. The average Bonchev–Trinajstić information content (AvgIpc) is 4.10. The van der Waals surface area contributed by atoms with Gasteiger partial charge >= 0.3 is 12.2 Å². The van der Waals surface area contributed by atoms with Crippen molar-refractivity contribution in [3.8, 4) is 39.7 Å². The molecule has 0 spiro atoms. The fourth-order valence-corrected chi connectivity index (χ4v) is 8.24. The summed E-state index contributed by atoms with van der Waals surface area (Å²) in [6.45, 7) is 8.33. The molecule has 0 radical (unpaired) electrons. The number of benzene rings is 3. The molecule has 4 heterocycles. The van der Waals surface area contributed by atoms with Gasteiger partial charge in [-0.2, -0.15) is 5.26 Å². The second-order valence-corrected chi connectivity index (χ2v) is 16.2. The lowest BCUT2D eigenvalue weighted by molar-refractivity contribution is -0.136. The van der Waals surface area contributed by atoms with Crippen LogP contribution in [0.2, 0.25) is 0 Å². The molecule has 60 heavy (non-hydrogen) atoms. The lowest BCUT2D eigenvalue weighted by Crippen LogP contribution is -2.51. The quantitative estimate of drug-likeness (QED) is 0.107. The van der Waals surface area contributed by atoms with Crippen molar-refractivity contribution in [1.82, 2.24) is 40.4 Å². The molecule has 3 aromatic carbocycles. The number of nitrogens with one attached hydrogen (secondary N) is 4. The summed E-state index contributed by atoms with van der Waals surface area (Å²) >= 11 is 0. The molecule has 0 bridgehead atoms. The number of aromatic amines is 2. The molecule has 2 saturated heterocycles. The van der Waals surface area contributed by atoms with E-state index in [9.17, 15) is 24.4 Å². The second-order valence-electron chi connectivity index (χ2n) is 16.2. The molecule has 0 aliphatic carbocycles. The highest BCUT2D eigenvalue weighted by Gasteiger charge is 2.42. The Kier molecular flexibility index (Phi) is 12.2. The third kappa shape index (κ3) is 8.54. The molecule has 5 atom stereocenters. The van der Waals surface area contributed by atoms with Gasteiger partial charge in [0, 0.05) is 18.7 Å². The summed E-state index contributed by atoms with van der Waals surface area (Å²) in [7, 11) is 2.54. The van der Waals surface area contributed by atoms with Crippen LogP contribution < -0.4 is 10.6 Å². The van der Waals surface area contributed by atoms with Crippen LogP contribution in [0.25, 0.3) is 44.4 Å². The van der Waals surface area contributed by atoms with Crippen LogP contribution in [0.5, 0.6) is 0 Å². The van der Waals surface area contributed by atoms with Crippen LogP contribution in [-0.4, -0.2) is 93.1 Å². The first kappa shape index (κ1) is 41.5. The predicted molar refractivity (Wildman–Crippen MR) is 225 cm³/mol. The van der Waals surface area contributed by atoms with Crippen molar-refractivity contribution in [2.45, 2.75) is 71.1 Å². The number of rotatable bonds is 11. The van der Waals surface area contributed by atoms with Crippen LogP contribution in [0.15, 0.2) is 73.1 Å². The fourth-order valence-electron chi connectivity index (χ4n) is 8.24. The zero-order valence-electron chi connectivity index (χ0n) is 34.7. The van der Waals surface area contributed by atoms with Crippen molar-refractivity contribution in [3.05, 3.63) is 84.7 Å². The van der Waals surface area contributed by atoms with Crippen molar-refractivity contribution >= 4 is 34.8 Å². The first-order chi connectivity index (χ1) is 28.9. The molecule has 2 fully saturated rings. The number of ether oxygens (including phenoxy) is 2. The number of H-pyrrole nitrogens is 2. The minimum atomic E-state index is -0.808. The highest BCUT2D eigenvalue weighted by atomic mass is 16.5. The summed E-state index contributed by atoms with van der Waals surface area (Å²) in [5, 5.41) is 17.2. The van der Waals surface area contributed by atoms with E-state index in [2.05, 4.69) is 80.2 Å². The topological polar surface area (TPSA) is 198 Å². The molecule has 4 N–H and O–H groups in total. The van der Waals surface area contributed by atoms with Crippen molar-refractivity contribution < 1.29 is 28.7 Å². The van der Waals surface area contributed by atoms with E-state index in [4.69, 9.17) is 14.5 Å². The van der Waals surface area contributed by atoms with E-state index >= 15 is 0 Å². The van der Waals surface area contributed by atoms with Gasteiger partial charge in [0.15, 0.2) is 0 Å². The van der Waals surface area contributed by atoms with Gasteiger partial charge in [0.1, 0.15) is 23.7 Å². The molecule has 7 rings (SSSR count). The van der Waals surface area contributed by atoms with Crippen LogP contribution >= 0.6 is 0 Å². The maximum Gasteiger partial charge on any atom is 0.407 e. The monoisotopic (exact) mass is 813 g/mol. The number of amides is 4. The Hall–Kier alpha value is -6.69. The largest absolute Gasteiger partial charge is 0.453 e. The lowest BCUT2D eigenvalue weighted by atomic mass is 9.98. The van der Waals surface area contributed by atoms with E-state index in [1.807, 2.05) is 46.0 Å². The number of hydrogen-bond acceptors (Lipinski definition) is 9. The Morgan fingerprint density at radius 3 is 1.78 bits per heavy atom. The highest BCUT2D eigenvalue weighted by molar-refractivity contribution is 5.91. The second kappa shape index (κ2) is 17.7. The van der Waals surface area contributed by atoms with E-state index in [0.717, 1.165) is 63.1 Å². The Morgan fingerprint density at radius 1 is 0.717 bits per heavy atom. The molecule has 4 amide bonds. The van der Waals surface area contributed by atoms with Gasteiger partial charge in [-0.25, -0.2) is 19.6 Å². The number of likely N-dealkylation sites (tertiary alicyclic amines) is 2. The maximum atomic E-state index is 13.7. The molecule has 15 nitrogen and oxygen atoms in total. The van der Waals surface area contributed by atoms with Gasteiger partial charge in [-0.05, 0) is 70.7 Å². The fraction of sp³-hybridized carbons (Fsp3) is 0.400. The van der Waals surface area contributed by atoms with Gasteiger partial charge < -0.3 is 39.9 Å². The summed E-state index contributed by atoms with van der Waals surface area (Å²) in [5.74, 6) is 0.203. The number of hydrogen-bond donors (Lipinski definition) is 4. The summed E-state index contributed by atoms with van der Waals surface area (Å²) in [6.07, 6.45) is 4.28. The van der Waals surface area contributed by atoms with Crippen molar-refractivity contribution in [1.29, 1.82) is 5.26 Å². The first-order valence-corrected chi connectivity index (χ1v) is 20.3. The molecular weight excluding hydrogens is 763 g/mol. The summed E-state index contributed by atoms with van der Waals surface area (Å²) < 4.78 is 9.52. The minimum Gasteiger partial charge on any atom is -0.453 e. The predicted octanol–water partition coefficient (Wildman–Crippen LogP) is 7.12.